The third-order valence-electron chi connectivity index (χ3n) is 2.44. The molecule has 3 N–H and O–H groups in total. The van der Waals surface area contributed by atoms with Crippen LogP contribution >= 0.6 is 0 Å². The van der Waals surface area contributed by atoms with Crippen molar-refractivity contribution in [3.8, 4) is 5.75 Å². The van der Waals surface area contributed by atoms with Gasteiger partial charge in [0.15, 0.2) is 6.61 Å². The van der Waals surface area contributed by atoms with Crippen molar-refractivity contribution in [3.63, 3.8) is 0 Å². The molecule has 0 saturated carbocycles. The van der Waals surface area contributed by atoms with Crippen molar-refractivity contribution in [1.29, 1.82) is 0 Å². The lowest BCUT2D eigenvalue weighted by molar-refractivity contribution is -0.139. The molecule has 0 fully saturated rings. The molecule has 0 unspecified atom stereocenters. The minimum Gasteiger partial charge on any atom is -0.482 e. The summed E-state index contributed by atoms with van der Waals surface area (Å²) in [5.41, 5.74) is 1.13. The highest BCUT2D eigenvalue weighted by Gasteiger charge is 2.05. The van der Waals surface area contributed by atoms with E-state index < -0.39 is 18.6 Å². The van der Waals surface area contributed by atoms with E-state index >= 15 is 0 Å². The molecular formula is C13H14N4O4. The number of nitrogens with one attached hydrogen (secondary N) is 2. The van der Waals surface area contributed by atoms with Gasteiger partial charge in [-0.1, -0.05) is 0 Å². The molecule has 1 heterocycles. The van der Waals surface area contributed by atoms with Gasteiger partial charge in [-0.3, -0.25) is 4.68 Å². The molecule has 2 amide bonds. The Labute approximate surface area is 120 Å². The van der Waals surface area contributed by atoms with Crippen LogP contribution in [0.3, 0.4) is 0 Å². The summed E-state index contributed by atoms with van der Waals surface area (Å²) >= 11 is 0. The van der Waals surface area contributed by atoms with Crippen LogP contribution < -0.4 is 15.4 Å². The van der Waals surface area contributed by atoms with Crippen LogP contribution in [0.15, 0.2) is 36.7 Å². The number of aliphatic carboxylic acids is 1. The van der Waals surface area contributed by atoms with Gasteiger partial charge >= 0.3 is 12.0 Å². The van der Waals surface area contributed by atoms with Crippen LogP contribution in [0.2, 0.25) is 0 Å². The lowest BCUT2D eigenvalue weighted by Gasteiger charge is -2.07. The zero-order valence-electron chi connectivity index (χ0n) is 11.2. The Bertz CT molecular complexity index is 636. The number of anilines is 2. The predicted octanol–water partition coefficient (Wildman–Crippen LogP) is 1.53. The van der Waals surface area contributed by atoms with Crippen LogP contribution in [0.5, 0.6) is 5.75 Å². The normalized spacial score (nSPS) is 9.95. The fourth-order valence-electron chi connectivity index (χ4n) is 1.56. The summed E-state index contributed by atoms with van der Waals surface area (Å²) in [4.78, 5) is 22.1. The number of benzene rings is 1. The standard InChI is InChI=1S/C13H14N4O4/c1-17-7-10(6-14-17)16-13(20)15-9-2-4-11(5-3-9)21-8-12(18)19/h2-7H,8H2,1H3,(H,18,19)(H2,15,16,20). The Morgan fingerprint density at radius 1 is 1.24 bits per heavy atom. The Kier molecular flexibility index (Phi) is 4.39. The van der Waals surface area contributed by atoms with Crippen molar-refractivity contribution < 1.29 is 19.4 Å². The largest absolute Gasteiger partial charge is 0.482 e. The molecule has 0 atom stereocenters. The molecular weight excluding hydrogens is 276 g/mol. The van der Waals surface area contributed by atoms with Crippen molar-refractivity contribution in [3.05, 3.63) is 36.7 Å². The van der Waals surface area contributed by atoms with Gasteiger partial charge in [0, 0.05) is 18.9 Å². The number of rotatable bonds is 5. The van der Waals surface area contributed by atoms with Crippen molar-refractivity contribution in [2.24, 2.45) is 7.05 Å². The predicted molar refractivity (Wildman–Crippen MR) is 75.4 cm³/mol. The Balaban J connectivity index is 1.87. The molecule has 2 rings (SSSR count). The average Bonchev–Trinajstić information content (AvgIpc) is 2.83. The molecule has 2 aromatic rings. The van der Waals surface area contributed by atoms with Crippen molar-refractivity contribution in [2.75, 3.05) is 17.2 Å². The molecule has 1 aromatic carbocycles. The number of aromatic nitrogens is 2. The van der Waals surface area contributed by atoms with Crippen LogP contribution in [0.4, 0.5) is 16.2 Å². The van der Waals surface area contributed by atoms with E-state index in [1.54, 1.807) is 42.2 Å². The summed E-state index contributed by atoms with van der Waals surface area (Å²) in [6.45, 7) is -0.408. The van der Waals surface area contributed by atoms with Crippen LogP contribution in [0, 0.1) is 0 Å². The number of nitrogens with zero attached hydrogens (tertiary/aromatic N) is 2. The van der Waals surface area contributed by atoms with Gasteiger partial charge in [-0.15, -0.1) is 0 Å². The fraction of sp³-hybridized carbons (Fsp3) is 0.154. The number of aryl methyl sites for hydroxylation is 1. The van der Waals surface area contributed by atoms with Gasteiger partial charge < -0.3 is 20.5 Å². The van der Waals surface area contributed by atoms with Crippen LogP contribution in [0.25, 0.3) is 0 Å². The molecule has 0 spiro atoms. The number of ether oxygens (including phenoxy) is 1. The number of carbonyl (C=O) groups excluding carboxylic acids is 1. The first-order chi connectivity index (χ1) is 10.0. The van der Waals surface area contributed by atoms with Gasteiger partial charge in [-0.05, 0) is 24.3 Å². The lowest BCUT2D eigenvalue weighted by Crippen LogP contribution is -2.19. The summed E-state index contributed by atoms with van der Waals surface area (Å²) < 4.78 is 6.56. The van der Waals surface area contributed by atoms with Crippen LogP contribution in [-0.2, 0) is 11.8 Å². The highest BCUT2D eigenvalue weighted by Crippen LogP contribution is 2.16. The van der Waals surface area contributed by atoms with E-state index in [-0.39, 0.29) is 0 Å². The van der Waals surface area contributed by atoms with Crippen LogP contribution in [-0.4, -0.2) is 33.5 Å². The summed E-state index contributed by atoms with van der Waals surface area (Å²) in [5.74, 6) is -0.635. The first-order valence-corrected chi connectivity index (χ1v) is 6.04. The first kappa shape index (κ1) is 14.4. The van der Waals surface area contributed by atoms with E-state index in [0.29, 0.717) is 17.1 Å². The molecule has 0 aliphatic heterocycles. The van der Waals surface area contributed by atoms with E-state index in [1.807, 2.05) is 0 Å². The Morgan fingerprint density at radius 2 is 1.90 bits per heavy atom. The maximum atomic E-state index is 11.7. The SMILES string of the molecule is Cn1cc(NC(=O)Nc2ccc(OCC(=O)O)cc2)cn1. The first-order valence-electron chi connectivity index (χ1n) is 6.04. The van der Waals surface area contributed by atoms with Crippen molar-refractivity contribution in [1.82, 2.24) is 9.78 Å². The number of amides is 2. The number of carboxylic acids is 1. The number of hydrogen-bond acceptors (Lipinski definition) is 4. The maximum absolute atomic E-state index is 11.7. The van der Waals surface area contributed by atoms with Crippen molar-refractivity contribution in [2.45, 2.75) is 0 Å². The molecule has 0 aliphatic carbocycles. The number of hydrogen-bond donors (Lipinski definition) is 3. The van der Waals surface area contributed by atoms with E-state index in [0.717, 1.165) is 0 Å². The zero-order chi connectivity index (χ0) is 15.2. The van der Waals surface area contributed by atoms with E-state index in [9.17, 15) is 9.59 Å². The topological polar surface area (TPSA) is 105 Å². The third kappa shape index (κ3) is 4.53. The van der Waals surface area contributed by atoms with Gasteiger partial charge in [0.25, 0.3) is 0 Å². The molecule has 0 aliphatic rings. The number of urea groups is 1. The monoisotopic (exact) mass is 290 g/mol. The van der Waals surface area contributed by atoms with E-state index in [1.165, 1.54) is 6.20 Å². The molecule has 8 nitrogen and oxygen atoms in total. The minimum absolute atomic E-state index is 0.401. The lowest BCUT2D eigenvalue weighted by atomic mass is 10.3. The average molecular weight is 290 g/mol. The summed E-state index contributed by atoms with van der Waals surface area (Å²) in [5, 5.41) is 17.7. The van der Waals surface area contributed by atoms with Gasteiger partial charge in [0.2, 0.25) is 0 Å². The second kappa shape index (κ2) is 6.42. The second-order valence-corrected chi connectivity index (χ2v) is 4.19. The summed E-state index contributed by atoms with van der Waals surface area (Å²) in [7, 11) is 1.75. The molecule has 0 radical (unpaired) electrons. The summed E-state index contributed by atoms with van der Waals surface area (Å²) in [6, 6.07) is 5.97. The Morgan fingerprint density at radius 3 is 2.48 bits per heavy atom. The molecule has 110 valence electrons. The zero-order valence-corrected chi connectivity index (χ0v) is 11.2. The van der Waals surface area contributed by atoms with Crippen molar-refractivity contribution >= 4 is 23.4 Å². The molecule has 1 aromatic heterocycles. The molecule has 8 heteroatoms. The van der Waals surface area contributed by atoms with E-state index in [2.05, 4.69) is 15.7 Å². The number of carboxylic acid groups (broad SMARTS) is 1. The molecule has 0 saturated heterocycles. The molecule has 0 bridgehead atoms. The quantitative estimate of drug-likeness (QED) is 0.774. The van der Waals surface area contributed by atoms with E-state index in [4.69, 9.17) is 9.84 Å². The Hall–Kier alpha value is -3.03. The highest BCUT2D eigenvalue weighted by atomic mass is 16.5. The molecule has 21 heavy (non-hydrogen) atoms. The van der Waals surface area contributed by atoms with Gasteiger partial charge in [0.1, 0.15) is 5.75 Å². The maximum Gasteiger partial charge on any atom is 0.341 e. The summed E-state index contributed by atoms with van der Waals surface area (Å²) in [6.07, 6.45) is 3.20. The van der Waals surface area contributed by atoms with Gasteiger partial charge in [0.05, 0.1) is 11.9 Å². The van der Waals surface area contributed by atoms with Gasteiger partial charge in [-0.2, -0.15) is 5.10 Å². The second-order valence-electron chi connectivity index (χ2n) is 4.19. The highest BCUT2D eigenvalue weighted by molar-refractivity contribution is 5.99. The van der Waals surface area contributed by atoms with Crippen LogP contribution in [0.1, 0.15) is 0 Å². The van der Waals surface area contributed by atoms with Gasteiger partial charge in [-0.25, -0.2) is 9.59 Å². The number of carbonyl (C=O) groups is 2. The third-order valence-corrected chi connectivity index (χ3v) is 2.44. The fourth-order valence-corrected chi connectivity index (χ4v) is 1.56. The minimum atomic E-state index is -1.05. The smallest absolute Gasteiger partial charge is 0.341 e.